The van der Waals surface area contributed by atoms with E-state index in [4.69, 9.17) is 14.2 Å². The maximum Gasteiger partial charge on any atom is 0.136 e. The zero-order valence-electron chi connectivity index (χ0n) is 18.6. The lowest BCUT2D eigenvalue weighted by Crippen LogP contribution is -2.58. The zero-order valence-corrected chi connectivity index (χ0v) is 19.4. The highest BCUT2D eigenvalue weighted by molar-refractivity contribution is 7.99. The zero-order chi connectivity index (χ0) is 23.0. The molecule has 1 heterocycles. The van der Waals surface area contributed by atoms with Gasteiger partial charge in [0.05, 0.1) is 19.8 Å². The number of aliphatic hydroxyl groups is 2. The molecule has 0 spiro atoms. The number of aliphatic hydroxyl groups excluding tert-OH is 2. The summed E-state index contributed by atoms with van der Waals surface area (Å²) in [7, 11) is 0. The number of ether oxygens (including phenoxy) is 3. The molecule has 1 saturated heterocycles. The molecule has 0 bridgehead atoms. The monoisotopic (exact) mass is 466 g/mol. The summed E-state index contributed by atoms with van der Waals surface area (Å²) in [4.78, 5) is 0.962. The Bertz CT molecular complexity index is 967. The Morgan fingerprint density at radius 2 is 1.39 bits per heavy atom. The fourth-order valence-electron chi connectivity index (χ4n) is 3.73. The molecular weight excluding hydrogens is 436 g/mol. The van der Waals surface area contributed by atoms with Gasteiger partial charge in [-0.1, -0.05) is 90.1 Å². The predicted octanol–water partition coefficient (Wildman–Crippen LogP) is 4.34. The molecule has 6 heteroatoms. The first-order chi connectivity index (χ1) is 16.1. The largest absolute Gasteiger partial charge is 0.387 e. The minimum atomic E-state index is -1.10. The minimum Gasteiger partial charge on any atom is -0.387 e. The summed E-state index contributed by atoms with van der Waals surface area (Å²) in [5, 5.41) is 21.8. The lowest BCUT2D eigenvalue weighted by atomic mass is 10.00. The lowest BCUT2D eigenvalue weighted by Gasteiger charge is -2.42. The van der Waals surface area contributed by atoms with Crippen molar-refractivity contribution in [2.24, 2.45) is 0 Å². The molecule has 1 fully saturated rings. The third-order valence-corrected chi connectivity index (χ3v) is 6.76. The highest BCUT2D eigenvalue weighted by Gasteiger charge is 2.45. The fourth-order valence-corrected chi connectivity index (χ4v) is 4.79. The van der Waals surface area contributed by atoms with E-state index >= 15 is 0 Å². The van der Waals surface area contributed by atoms with Crippen molar-refractivity contribution < 1.29 is 24.4 Å². The summed E-state index contributed by atoms with van der Waals surface area (Å²) < 4.78 is 18.2. The lowest BCUT2D eigenvalue weighted by molar-refractivity contribution is -0.228. The Labute approximate surface area is 199 Å². The number of rotatable bonds is 9. The van der Waals surface area contributed by atoms with Crippen LogP contribution < -0.4 is 0 Å². The van der Waals surface area contributed by atoms with Gasteiger partial charge in [0.2, 0.25) is 0 Å². The summed E-state index contributed by atoms with van der Waals surface area (Å²) in [6.45, 7) is 3.01. The number of thioether (sulfide) groups is 1. The Hall–Kier alpha value is -2.19. The number of hydrogen-bond donors (Lipinski definition) is 2. The molecule has 0 unspecified atom stereocenters. The van der Waals surface area contributed by atoms with Crippen LogP contribution in [0.1, 0.15) is 16.7 Å². The van der Waals surface area contributed by atoms with Gasteiger partial charge in [0.25, 0.3) is 0 Å². The molecule has 0 radical (unpaired) electrons. The van der Waals surface area contributed by atoms with Gasteiger partial charge in [0.15, 0.2) is 0 Å². The van der Waals surface area contributed by atoms with Gasteiger partial charge in [-0.15, -0.1) is 0 Å². The first-order valence-electron chi connectivity index (χ1n) is 11.1. The van der Waals surface area contributed by atoms with Crippen LogP contribution in [0.5, 0.6) is 0 Å². The molecule has 0 amide bonds. The molecule has 4 rings (SSSR count). The molecule has 1 aliphatic heterocycles. The van der Waals surface area contributed by atoms with Crippen molar-refractivity contribution in [3.8, 4) is 0 Å². The summed E-state index contributed by atoms with van der Waals surface area (Å²) in [5.41, 5.74) is 2.57. The van der Waals surface area contributed by atoms with Gasteiger partial charge in [0.1, 0.15) is 29.9 Å². The molecule has 174 valence electrons. The predicted molar refractivity (Wildman–Crippen MR) is 129 cm³/mol. The van der Waals surface area contributed by atoms with Crippen LogP contribution in [0.15, 0.2) is 89.8 Å². The van der Waals surface area contributed by atoms with Gasteiger partial charge in [-0.3, -0.25) is 0 Å². The number of hydrogen-bond acceptors (Lipinski definition) is 6. The van der Waals surface area contributed by atoms with Crippen molar-refractivity contribution in [1.29, 1.82) is 0 Å². The van der Waals surface area contributed by atoms with E-state index in [0.717, 1.165) is 21.6 Å². The van der Waals surface area contributed by atoms with E-state index in [1.807, 2.05) is 91.9 Å². The quantitative estimate of drug-likeness (QED) is 0.489. The molecule has 1 aliphatic rings. The van der Waals surface area contributed by atoms with E-state index < -0.39 is 29.9 Å². The molecule has 0 saturated carbocycles. The Morgan fingerprint density at radius 1 is 0.788 bits per heavy atom. The van der Waals surface area contributed by atoms with E-state index in [1.54, 1.807) is 0 Å². The highest BCUT2D eigenvalue weighted by Crippen LogP contribution is 2.35. The number of benzene rings is 3. The summed E-state index contributed by atoms with van der Waals surface area (Å²) >= 11 is 1.39. The van der Waals surface area contributed by atoms with Gasteiger partial charge >= 0.3 is 0 Å². The van der Waals surface area contributed by atoms with Gasteiger partial charge in [-0.2, -0.15) is 0 Å². The van der Waals surface area contributed by atoms with Crippen LogP contribution >= 0.6 is 11.8 Å². The molecule has 33 heavy (non-hydrogen) atoms. The van der Waals surface area contributed by atoms with Crippen molar-refractivity contribution in [1.82, 2.24) is 0 Å². The first-order valence-corrected chi connectivity index (χ1v) is 12.0. The van der Waals surface area contributed by atoms with Crippen molar-refractivity contribution in [3.05, 3.63) is 102 Å². The molecule has 0 aliphatic carbocycles. The van der Waals surface area contributed by atoms with Crippen LogP contribution in [0.3, 0.4) is 0 Å². The van der Waals surface area contributed by atoms with Gasteiger partial charge in [0, 0.05) is 4.90 Å². The van der Waals surface area contributed by atoms with E-state index in [2.05, 4.69) is 0 Å². The maximum atomic E-state index is 11.0. The molecular formula is C27H30O5S. The molecule has 5 atom stereocenters. The molecule has 5 nitrogen and oxygen atoms in total. The van der Waals surface area contributed by atoms with E-state index in [-0.39, 0.29) is 6.61 Å². The summed E-state index contributed by atoms with van der Waals surface area (Å²) in [6.07, 6.45) is -3.44. The van der Waals surface area contributed by atoms with Crippen LogP contribution in [-0.4, -0.2) is 46.7 Å². The van der Waals surface area contributed by atoms with E-state index in [1.165, 1.54) is 11.8 Å². The normalized spacial score (nSPS) is 25.1. The van der Waals surface area contributed by atoms with Crippen LogP contribution in [0.4, 0.5) is 0 Å². The molecule has 0 aromatic heterocycles. The Morgan fingerprint density at radius 3 is 2.03 bits per heavy atom. The van der Waals surface area contributed by atoms with Gasteiger partial charge < -0.3 is 24.4 Å². The Kier molecular flexibility index (Phi) is 8.56. The van der Waals surface area contributed by atoms with Crippen LogP contribution in [0.2, 0.25) is 0 Å². The third-order valence-electron chi connectivity index (χ3n) is 5.59. The smallest absolute Gasteiger partial charge is 0.136 e. The third kappa shape index (κ3) is 6.67. The van der Waals surface area contributed by atoms with Crippen molar-refractivity contribution in [2.75, 3.05) is 6.61 Å². The second-order valence-electron chi connectivity index (χ2n) is 8.22. The highest BCUT2D eigenvalue weighted by atomic mass is 32.2. The minimum absolute atomic E-state index is 0.239. The van der Waals surface area contributed by atoms with Gasteiger partial charge in [-0.25, -0.2) is 0 Å². The van der Waals surface area contributed by atoms with Crippen LogP contribution in [0.25, 0.3) is 0 Å². The molecule has 2 N–H and O–H groups in total. The van der Waals surface area contributed by atoms with E-state index in [0.29, 0.717) is 13.2 Å². The maximum absolute atomic E-state index is 11.0. The van der Waals surface area contributed by atoms with Crippen molar-refractivity contribution in [2.45, 2.75) is 54.9 Å². The average Bonchev–Trinajstić information content (AvgIpc) is 2.84. The summed E-state index contributed by atoms with van der Waals surface area (Å²) in [5.74, 6) is 0. The fraction of sp³-hybridized carbons (Fsp3) is 0.333. The second-order valence-corrected chi connectivity index (χ2v) is 9.39. The molecule has 3 aromatic carbocycles. The second kappa shape index (κ2) is 11.8. The first kappa shape index (κ1) is 24.0. The average molecular weight is 467 g/mol. The topological polar surface area (TPSA) is 68.2 Å². The standard InChI is InChI=1S/C27H30O5S/c1-19-12-14-22(15-13-19)33-27-25(29)24(28)26(31-17-21-10-6-3-7-11-21)23(32-27)18-30-16-20-8-4-2-5-9-20/h2-15,23-29H,16-18H2,1H3/t23-,24-,25-,26-,27+/m1/s1. The van der Waals surface area contributed by atoms with Crippen molar-refractivity contribution in [3.63, 3.8) is 0 Å². The SMILES string of the molecule is Cc1ccc(S[C@@H]2O[C@H](COCc3ccccc3)[C@@H](OCc3ccccc3)[C@H](O)[C@H]2O)cc1. The van der Waals surface area contributed by atoms with E-state index in [9.17, 15) is 10.2 Å². The number of aryl methyl sites for hydroxylation is 1. The molecule has 3 aromatic rings. The van der Waals surface area contributed by atoms with Crippen LogP contribution in [-0.2, 0) is 27.4 Å². The van der Waals surface area contributed by atoms with Crippen LogP contribution in [0, 0.1) is 6.92 Å². The summed E-state index contributed by atoms with van der Waals surface area (Å²) in [6, 6.07) is 27.7. The van der Waals surface area contributed by atoms with Gasteiger partial charge in [-0.05, 0) is 30.2 Å². The van der Waals surface area contributed by atoms with Crippen molar-refractivity contribution >= 4 is 11.8 Å². The Balaban J connectivity index is 1.44.